The summed E-state index contributed by atoms with van der Waals surface area (Å²) in [5.74, 6) is -0.708. The maximum atomic E-state index is 13.2. The van der Waals surface area contributed by atoms with Crippen LogP contribution < -0.4 is 10.5 Å². The van der Waals surface area contributed by atoms with Crippen molar-refractivity contribution >= 4 is 15.9 Å². The first-order valence-corrected chi connectivity index (χ1v) is 6.91. The quantitative estimate of drug-likeness (QED) is 0.893. The molecule has 106 valence electrons. The van der Waals surface area contributed by atoms with Gasteiger partial charge >= 0.3 is 0 Å². The van der Waals surface area contributed by atoms with Crippen LogP contribution in [0.15, 0.2) is 40.9 Å². The smallest absolute Gasteiger partial charge is 0.133 e. The number of rotatable bonds is 4. The molecule has 2 N–H and O–H groups in total. The summed E-state index contributed by atoms with van der Waals surface area (Å²) < 4.78 is 32.7. The topological polar surface area (TPSA) is 35.2 Å². The van der Waals surface area contributed by atoms with Gasteiger partial charge < -0.3 is 10.5 Å². The van der Waals surface area contributed by atoms with Crippen LogP contribution in [0.2, 0.25) is 0 Å². The summed E-state index contributed by atoms with van der Waals surface area (Å²) in [4.78, 5) is 0. The highest BCUT2D eigenvalue weighted by Gasteiger charge is 2.10. The highest BCUT2D eigenvalue weighted by atomic mass is 79.9. The second kappa shape index (κ2) is 6.33. The molecule has 0 fully saturated rings. The Morgan fingerprint density at radius 2 is 1.80 bits per heavy atom. The molecule has 5 heteroatoms. The Morgan fingerprint density at radius 3 is 2.40 bits per heavy atom. The van der Waals surface area contributed by atoms with E-state index in [1.807, 2.05) is 19.1 Å². The summed E-state index contributed by atoms with van der Waals surface area (Å²) in [5, 5.41) is 0. The molecule has 0 aliphatic heterocycles. The molecule has 0 aromatic heterocycles. The molecular formula is C15H14BrF2NO. The molecule has 2 aromatic carbocycles. The predicted molar refractivity (Wildman–Crippen MR) is 77.9 cm³/mol. The molecule has 0 spiro atoms. The Bertz CT molecular complexity index is 597. The maximum absolute atomic E-state index is 13.2. The van der Waals surface area contributed by atoms with Crippen molar-refractivity contribution in [3.8, 4) is 11.5 Å². The first-order chi connectivity index (χ1) is 9.44. The summed E-state index contributed by atoms with van der Waals surface area (Å²) in [6.45, 7) is 1.88. The van der Waals surface area contributed by atoms with Gasteiger partial charge in [0.2, 0.25) is 0 Å². The van der Waals surface area contributed by atoms with Crippen molar-refractivity contribution in [2.45, 2.75) is 19.4 Å². The van der Waals surface area contributed by atoms with Crippen molar-refractivity contribution < 1.29 is 13.5 Å². The van der Waals surface area contributed by atoms with Gasteiger partial charge in [-0.2, -0.15) is 0 Å². The van der Waals surface area contributed by atoms with E-state index in [0.29, 0.717) is 12.2 Å². The van der Waals surface area contributed by atoms with E-state index in [4.69, 9.17) is 10.5 Å². The van der Waals surface area contributed by atoms with Gasteiger partial charge in [-0.1, -0.05) is 22.0 Å². The van der Waals surface area contributed by atoms with Gasteiger partial charge in [0.15, 0.2) is 0 Å². The van der Waals surface area contributed by atoms with Gasteiger partial charge in [0.25, 0.3) is 0 Å². The van der Waals surface area contributed by atoms with E-state index < -0.39 is 11.6 Å². The van der Waals surface area contributed by atoms with Crippen molar-refractivity contribution in [1.82, 2.24) is 0 Å². The highest BCUT2D eigenvalue weighted by molar-refractivity contribution is 9.10. The van der Waals surface area contributed by atoms with E-state index in [9.17, 15) is 8.78 Å². The number of halogens is 3. The monoisotopic (exact) mass is 341 g/mol. The maximum Gasteiger partial charge on any atom is 0.133 e. The summed E-state index contributed by atoms with van der Waals surface area (Å²) in [5.41, 5.74) is 6.67. The first-order valence-electron chi connectivity index (χ1n) is 6.12. The fourth-order valence-corrected chi connectivity index (χ4v) is 2.19. The van der Waals surface area contributed by atoms with Crippen LogP contribution in [0.5, 0.6) is 11.5 Å². The van der Waals surface area contributed by atoms with E-state index in [0.717, 1.165) is 28.2 Å². The normalized spacial score (nSPS) is 12.2. The van der Waals surface area contributed by atoms with E-state index in [1.165, 1.54) is 0 Å². The van der Waals surface area contributed by atoms with E-state index in [1.54, 1.807) is 6.07 Å². The number of ether oxygens (including phenoxy) is 1. The first kappa shape index (κ1) is 14.9. The standard InChI is InChI=1S/C15H14BrF2NO/c1-9(19)4-10-2-3-11(16)5-15(10)20-14-7-12(17)6-13(18)8-14/h2-3,5-9H,4,19H2,1H3. The van der Waals surface area contributed by atoms with Crippen molar-refractivity contribution in [3.63, 3.8) is 0 Å². The second-order valence-corrected chi connectivity index (χ2v) is 5.56. The van der Waals surface area contributed by atoms with Gasteiger partial charge in [-0.3, -0.25) is 0 Å². The molecule has 0 radical (unpaired) electrons. The number of nitrogens with two attached hydrogens (primary N) is 1. The van der Waals surface area contributed by atoms with E-state index in [2.05, 4.69) is 15.9 Å². The molecule has 0 heterocycles. The van der Waals surface area contributed by atoms with Gasteiger partial charge in [0.1, 0.15) is 23.1 Å². The average molecular weight is 342 g/mol. The van der Waals surface area contributed by atoms with Gasteiger partial charge in [0, 0.05) is 28.7 Å². The molecule has 2 rings (SSSR count). The summed E-state index contributed by atoms with van der Waals surface area (Å²) in [7, 11) is 0. The minimum Gasteiger partial charge on any atom is -0.457 e. The lowest BCUT2D eigenvalue weighted by molar-refractivity contribution is 0.460. The molecule has 0 saturated heterocycles. The largest absolute Gasteiger partial charge is 0.457 e. The van der Waals surface area contributed by atoms with Crippen LogP contribution in [0.4, 0.5) is 8.78 Å². The zero-order valence-electron chi connectivity index (χ0n) is 10.9. The Kier molecular flexibility index (Phi) is 4.73. The van der Waals surface area contributed by atoms with Gasteiger partial charge in [-0.05, 0) is 31.0 Å². The third-order valence-corrected chi connectivity index (χ3v) is 3.13. The Morgan fingerprint density at radius 1 is 1.15 bits per heavy atom. The van der Waals surface area contributed by atoms with Crippen LogP contribution in [0, 0.1) is 11.6 Å². The van der Waals surface area contributed by atoms with Crippen LogP contribution in [0.3, 0.4) is 0 Å². The third-order valence-electron chi connectivity index (χ3n) is 2.63. The number of hydrogen-bond donors (Lipinski definition) is 1. The van der Waals surface area contributed by atoms with Gasteiger partial charge in [0.05, 0.1) is 0 Å². The van der Waals surface area contributed by atoms with Crippen molar-refractivity contribution in [1.29, 1.82) is 0 Å². The van der Waals surface area contributed by atoms with Gasteiger partial charge in [-0.15, -0.1) is 0 Å². The lowest BCUT2D eigenvalue weighted by Gasteiger charge is -2.13. The third kappa shape index (κ3) is 4.02. The molecule has 0 aliphatic carbocycles. The zero-order chi connectivity index (χ0) is 14.7. The molecule has 0 bridgehead atoms. The van der Waals surface area contributed by atoms with Crippen LogP contribution in [-0.4, -0.2) is 6.04 Å². The van der Waals surface area contributed by atoms with Crippen LogP contribution in [0.1, 0.15) is 12.5 Å². The Labute approximate surface area is 124 Å². The molecule has 0 amide bonds. The lowest BCUT2D eigenvalue weighted by atomic mass is 10.1. The Hall–Kier alpha value is -1.46. The molecule has 2 nitrogen and oxygen atoms in total. The van der Waals surface area contributed by atoms with Crippen molar-refractivity contribution in [2.75, 3.05) is 0 Å². The molecule has 1 unspecified atom stereocenters. The molecule has 20 heavy (non-hydrogen) atoms. The van der Waals surface area contributed by atoms with Crippen LogP contribution >= 0.6 is 15.9 Å². The van der Waals surface area contributed by atoms with Crippen molar-refractivity contribution in [3.05, 3.63) is 58.1 Å². The second-order valence-electron chi connectivity index (χ2n) is 4.64. The van der Waals surface area contributed by atoms with Crippen molar-refractivity contribution in [2.24, 2.45) is 5.73 Å². The fourth-order valence-electron chi connectivity index (χ4n) is 1.85. The number of benzene rings is 2. The molecule has 2 aromatic rings. The fraction of sp³-hybridized carbons (Fsp3) is 0.200. The molecular weight excluding hydrogens is 328 g/mol. The molecule has 0 aliphatic rings. The minimum atomic E-state index is -0.677. The van der Waals surface area contributed by atoms with E-state index >= 15 is 0 Å². The Balaban J connectivity index is 2.33. The molecule has 1 atom stereocenters. The summed E-state index contributed by atoms with van der Waals surface area (Å²) in [6.07, 6.45) is 0.612. The lowest BCUT2D eigenvalue weighted by Crippen LogP contribution is -2.18. The van der Waals surface area contributed by atoms with Crippen LogP contribution in [-0.2, 0) is 6.42 Å². The highest BCUT2D eigenvalue weighted by Crippen LogP contribution is 2.30. The summed E-state index contributed by atoms with van der Waals surface area (Å²) in [6, 6.07) is 8.54. The zero-order valence-corrected chi connectivity index (χ0v) is 12.5. The summed E-state index contributed by atoms with van der Waals surface area (Å²) >= 11 is 3.35. The predicted octanol–water partition coefficient (Wildman–Crippen LogP) is 4.41. The van der Waals surface area contributed by atoms with Crippen LogP contribution in [0.25, 0.3) is 0 Å². The SMILES string of the molecule is CC(N)Cc1ccc(Br)cc1Oc1cc(F)cc(F)c1. The van der Waals surface area contributed by atoms with Gasteiger partial charge in [-0.25, -0.2) is 8.78 Å². The minimum absolute atomic E-state index is 0.0391. The average Bonchev–Trinajstić information content (AvgIpc) is 2.31. The van der Waals surface area contributed by atoms with E-state index in [-0.39, 0.29) is 11.8 Å². The molecule has 0 saturated carbocycles. The number of hydrogen-bond acceptors (Lipinski definition) is 2.